The number of anilines is 1. The van der Waals surface area contributed by atoms with Gasteiger partial charge in [-0.25, -0.2) is 0 Å². The van der Waals surface area contributed by atoms with Crippen LogP contribution in [0.2, 0.25) is 5.02 Å². The fraction of sp³-hybridized carbons (Fsp3) is 0.200. The Bertz CT molecular complexity index is 676. The summed E-state index contributed by atoms with van der Waals surface area (Å²) in [4.78, 5) is 16.1. The molecule has 6 heteroatoms. The van der Waals surface area contributed by atoms with Gasteiger partial charge in [0.1, 0.15) is 5.69 Å². The molecule has 1 N–H and O–H groups in total. The summed E-state index contributed by atoms with van der Waals surface area (Å²) in [5.41, 5.74) is 0.876. The van der Waals surface area contributed by atoms with Gasteiger partial charge in [0.05, 0.1) is 13.2 Å². The standard InChI is InChI=1S/C15H13ClN2O3/c16-10-4-5-17-12(8-10)15(19)18-11-2-3-13-14(9-11)21-7-1-6-20-13/h2-5,8-9H,1,6-7H2,(H,18,19). The number of amides is 1. The van der Waals surface area contributed by atoms with E-state index in [1.165, 1.54) is 12.3 Å². The van der Waals surface area contributed by atoms with Crippen LogP contribution in [0.4, 0.5) is 5.69 Å². The average Bonchev–Trinajstić information content (AvgIpc) is 2.72. The van der Waals surface area contributed by atoms with Crippen molar-refractivity contribution in [1.82, 2.24) is 4.98 Å². The zero-order valence-corrected chi connectivity index (χ0v) is 11.9. The molecule has 2 aromatic rings. The highest BCUT2D eigenvalue weighted by Gasteiger charge is 2.13. The Balaban J connectivity index is 1.79. The van der Waals surface area contributed by atoms with Gasteiger partial charge in [0.25, 0.3) is 5.91 Å². The number of carbonyl (C=O) groups excluding carboxylic acids is 1. The predicted molar refractivity (Wildman–Crippen MR) is 79.2 cm³/mol. The quantitative estimate of drug-likeness (QED) is 0.926. The first kappa shape index (κ1) is 13.7. The minimum absolute atomic E-state index is 0.259. The molecule has 0 fully saturated rings. The third kappa shape index (κ3) is 3.25. The maximum atomic E-state index is 12.1. The molecular weight excluding hydrogens is 292 g/mol. The maximum Gasteiger partial charge on any atom is 0.274 e. The molecule has 1 aromatic heterocycles. The van der Waals surface area contributed by atoms with Crippen molar-refractivity contribution < 1.29 is 14.3 Å². The Labute approximate surface area is 126 Å². The van der Waals surface area contributed by atoms with Gasteiger partial charge in [0, 0.05) is 29.4 Å². The molecule has 0 atom stereocenters. The van der Waals surface area contributed by atoms with E-state index in [-0.39, 0.29) is 11.6 Å². The topological polar surface area (TPSA) is 60.5 Å². The van der Waals surface area contributed by atoms with Crippen molar-refractivity contribution in [2.24, 2.45) is 0 Å². The Morgan fingerprint density at radius 1 is 1.14 bits per heavy atom. The summed E-state index contributed by atoms with van der Waals surface area (Å²) >= 11 is 5.85. The highest BCUT2D eigenvalue weighted by molar-refractivity contribution is 6.30. The molecule has 5 nitrogen and oxygen atoms in total. The van der Waals surface area contributed by atoms with Gasteiger partial charge in [-0.05, 0) is 24.3 Å². The summed E-state index contributed by atoms with van der Waals surface area (Å²) in [6, 6.07) is 8.41. The SMILES string of the molecule is O=C(Nc1ccc2c(c1)OCCCO2)c1cc(Cl)ccn1. The number of aromatic nitrogens is 1. The van der Waals surface area contributed by atoms with Gasteiger partial charge >= 0.3 is 0 Å². The Kier molecular flexibility index (Phi) is 3.92. The number of halogens is 1. The van der Waals surface area contributed by atoms with E-state index >= 15 is 0 Å². The van der Waals surface area contributed by atoms with Crippen LogP contribution in [0.15, 0.2) is 36.5 Å². The Morgan fingerprint density at radius 3 is 2.76 bits per heavy atom. The van der Waals surface area contributed by atoms with Crippen LogP contribution in [0.3, 0.4) is 0 Å². The van der Waals surface area contributed by atoms with E-state index in [0.717, 1.165) is 6.42 Å². The summed E-state index contributed by atoms with van der Waals surface area (Å²) in [7, 11) is 0. The first-order chi connectivity index (χ1) is 10.2. The second kappa shape index (κ2) is 6.01. The van der Waals surface area contributed by atoms with Crippen LogP contribution >= 0.6 is 11.6 Å². The van der Waals surface area contributed by atoms with Crippen LogP contribution in [-0.2, 0) is 0 Å². The van der Waals surface area contributed by atoms with Gasteiger partial charge < -0.3 is 14.8 Å². The van der Waals surface area contributed by atoms with Crippen LogP contribution in [0.25, 0.3) is 0 Å². The van der Waals surface area contributed by atoms with Crippen LogP contribution in [0.5, 0.6) is 11.5 Å². The second-order valence-electron chi connectivity index (χ2n) is 4.53. The lowest BCUT2D eigenvalue weighted by Gasteiger charge is -2.10. The van der Waals surface area contributed by atoms with Crippen molar-refractivity contribution in [2.75, 3.05) is 18.5 Å². The molecule has 2 heterocycles. The number of carbonyl (C=O) groups is 1. The first-order valence-corrected chi connectivity index (χ1v) is 6.93. The number of pyridine rings is 1. The maximum absolute atomic E-state index is 12.1. The van der Waals surface area contributed by atoms with E-state index in [9.17, 15) is 4.79 Å². The molecule has 0 bridgehead atoms. The van der Waals surface area contributed by atoms with Crippen LogP contribution < -0.4 is 14.8 Å². The highest BCUT2D eigenvalue weighted by atomic mass is 35.5. The van der Waals surface area contributed by atoms with Crippen molar-refractivity contribution in [3.05, 3.63) is 47.2 Å². The van der Waals surface area contributed by atoms with E-state index in [2.05, 4.69) is 10.3 Å². The van der Waals surface area contributed by atoms with E-state index in [0.29, 0.717) is 35.4 Å². The number of nitrogens with zero attached hydrogens (tertiary/aromatic N) is 1. The third-order valence-electron chi connectivity index (χ3n) is 2.96. The number of hydrogen-bond acceptors (Lipinski definition) is 4. The summed E-state index contributed by atoms with van der Waals surface area (Å²) in [5, 5.41) is 3.23. The average molecular weight is 305 g/mol. The molecule has 0 saturated carbocycles. The fourth-order valence-corrected chi connectivity index (χ4v) is 2.12. The Hall–Kier alpha value is -2.27. The van der Waals surface area contributed by atoms with Gasteiger partial charge in [-0.2, -0.15) is 0 Å². The molecule has 0 aliphatic carbocycles. The molecule has 1 amide bonds. The number of benzene rings is 1. The van der Waals surface area contributed by atoms with Crippen LogP contribution in [0, 0.1) is 0 Å². The lowest BCUT2D eigenvalue weighted by molar-refractivity contribution is 0.102. The fourth-order valence-electron chi connectivity index (χ4n) is 1.97. The van der Waals surface area contributed by atoms with Gasteiger partial charge in [0.15, 0.2) is 11.5 Å². The molecule has 1 aliphatic rings. The molecule has 0 spiro atoms. The molecule has 0 saturated heterocycles. The van der Waals surface area contributed by atoms with Crippen molar-refractivity contribution in [1.29, 1.82) is 0 Å². The molecule has 0 unspecified atom stereocenters. The lowest BCUT2D eigenvalue weighted by Crippen LogP contribution is -2.13. The van der Waals surface area contributed by atoms with E-state index in [4.69, 9.17) is 21.1 Å². The van der Waals surface area contributed by atoms with Crippen LogP contribution in [-0.4, -0.2) is 24.1 Å². The van der Waals surface area contributed by atoms with Gasteiger partial charge in [0.2, 0.25) is 0 Å². The first-order valence-electron chi connectivity index (χ1n) is 6.55. The van der Waals surface area contributed by atoms with Crippen molar-refractivity contribution in [3.63, 3.8) is 0 Å². The predicted octanol–water partition coefficient (Wildman–Crippen LogP) is 3.15. The van der Waals surface area contributed by atoms with Gasteiger partial charge in [-0.1, -0.05) is 11.6 Å². The van der Waals surface area contributed by atoms with Crippen molar-refractivity contribution in [3.8, 4) is 11.5 Å². The van der Waals surface area contributed by atoms with E-state index in [1.807, 2.05) is 0 Å². The number of rotatable bonds is 2. The highest BCUT2D eigenvalue weighted by Crippen LogP contribution is 2.32. The molecule has 3 rings (SSSR count). The minimum atomic E-state index is -0.327. The van der Waals surface area contributed by atoms with Crippen molar-refractivity contribution >= 4 is 23.2 Å². The van der Waals surface area contributed by atoms with E-state index in [1.54, 1.807) is 24.3 Å². The van der Waals surface area contributed by atoms with Crippen molar-refractivity contribution in [2.45, 2.75) is 6.42 Å². The normalized spacial score (nSPS) is 13.4. The number of nitrogens with one attached hydrogen (secondary N) is 1. The molecular formula is C15H13ClN2O3. The zero-order valence-electron chi connectivity index (χ0n) is 11.1. The molecule has 21 heavy (non-hydrogen) atoms. The number of hydrogen-bond donors (Lipinski definition) is 1. The summed E-state index contributed by atoms with van der Waals surface area (Å²) in [5.74, 6) is 0.989. The summed E-state index contributed by atoms with van der Waals surface area (Å²) in [6.07, 6.45) is 2.33. The summed E-state index contributed by atoms with van der Waals surface area (Å²) in [6.45, 7) is 1.23. The number of fused-ring (bicyclic) bond motifs is 1. The van der Waals surface area contributed by atoms with E-state index < -0.39 is 0 Å². The molecule has 1 aliphatic heterocycles. The minimum Gasteiger partial charge on any atom is -0.490 e. The third-order valence-corrected chi connectivity index (χ3v) is 3.20. The monoisotopic (exact) mass is 304 g/mol. The smallest absolute Gasteiger partial charge is 0.274 e. The lowest BCUT2D eigenvalue weighted by atomic mass is 10.2. The number of ether oxygens (including phenoxy) is 2. The second-order valence-corrected chi connectivity index (χ2v) is 4.96. The molecule has 0 radical (unpaired) electrons. The zero-order chi connectivity index (χ0) is 14.7. The molecule has 1 aromatic carbocycles. The van der Waals surface area contributed by atoms with Gasteiger partial charge in [-0.15, -0.1) is 0 Å². The molecule has 108 valence electrons. The van der Waals surface area contributed by atoms with Gasteiger partial charge in [-0.3, -0.25) is 9.78 Å². The summed E-state index contributed by atoms with van der Waals surface area (Å²) < 4.78 is 11.1. The Morgan fingerprint density at radius 2 is 1.95 bits per heavy atom. The van der Waals surface area contributed by atoms with Crippen LogP contribution in [0.1, 0.15) is 16.9 Å². The largest absolute Gasteiger partial charge is 0.490 e.